The van der Waals surface area contributed by atoms with E-state index >= 15 is 0 Å². The molecule has 0 atom stereocenters. The van der Waals surface area contributed by atoms with Gasteiger partial charge in [-0.3, -0.25) is 0 Å². The summed E-state index contributed by atoms with van der Waals surface area (Å²) in [7, 11) is 1.97. The van der Waals surface area contributed by atoms with Crippen molar-refractivity contribution in [2.45, 2.75) is 20.4 Å². The van der Waals surface area contributed by atoms with Crippen LogP contribution >= 0.6 is 0 Å². The van der Waals surface area contributed by atoms with Gasteiger partial charge in [-0.15, -0.1) is 0 Å². The second kappa shape index (κ2) is 4.79. The number of nitrogens with one attached hydrogen (secondary N) is 1. The standard InChI is InChI=1S/C13H15N5Se/c1-8-10(9(2)18(3)15-8)7-14-11-5-4-6-12-13(11)17-19-16-12/h4-6,14H,7H2,1-3H3. The topological polar surface area (TPSA) is 55.6 Å². The second-order valence-electron chi connectivity index (χ2n) is 4.56. The monoisotopic (exact) mass is 321 g/mol. The van der Waals surface area contributed by atoms with Gasteiger partial charge in [0.25, 0.3) is 0 Å². The molecule has 19 heavy (non-hydrogen) atoms. The van der Waals surface area contributed by atoms with Crippen molar-refractivity contribution >= 4 is 31.7 Å². The SMILES string of the molecule is Cc1nn(C)c(C)c1CNc1cccc2n[se]nc12. The number of anilines is 1. The third-order valence-electron chi connectivity index (χ3n) is 3.40. The molecule has 98 valence electrons. The van der Waals surface area contributed by atoms with Crippen LogP contribution in [0.3, 0.4) is 0 Å². The van der Waals surface area contributed by atoms with Crippen LogP contribution in [0, 0.1) is 13.8 Å². The zero-order valence-electron chi connectivity index (χ0n) is 11.1. The van der Waals surface area contributed by atoms with Crippen molar-refractivity contribution in [1.29, 1.82) is 0 Å². The number of hydrogen-bond donors (Lipinski definition) is 1. The molecule has 0 radical (unpaired) electrons. The van der Waals surface area contributed by atoms with Crippen molar-refractivity contribution < 1.29 is 0 Å². The molecule has 0 saturated carbocycles. The molecule has 0 amide bonds. The first-order valence-electron chi connectivity index (χ1n) is 6.11. The molecule has 2 heterocycles. The first-order valence-corrected chi connectivity index (χ1v) is 7.64. The number of rotatable bonds is 3. The molecule has 0 spiro atoms. The maximum absolute atomic E-state index is 4.47. The molecule has 3 rings (SSSR count). The van der Waals surface area contributed by atoms with Gasteiger partial charge in [0.15, 0.2) is 0 Å². The van der Waals surface area contributed by atoms with Gasteiger partial charge >= 0.3 is 117 Å². The van der Waals surface area contributed by atoms with Gasteiger partial charge in [0.2, 0.25) is 0 Å². The van der Waals surface area contributed by atoms with Crippen molar-refractivity contribution in [2.24, 2.45) is 7.05 Å². The molecule has 1 N–H and O–H groups in total. The van der Waals surface area contributed by atoms with Crippen molar-refractivity contribution in [1.82, 2.24) is 17.7 Å². The number of fused-ring (bicyclic) bond motifs is 1. The third-order valence-corrected chi connectivity index (χ3v) is 4.54. The van der Waals surface area contributed by atoms with Crippen LogP contribution < -0.4 is 5.32 Å². The molecule has 0 bridgehead atoms. The number of hydrogen-bond acceptors (Lipinski definition) is 4. The van der Waals surface area contributed by atoms with Gasteiger partial charge in [0.1, 0.15) is 0 Å². The van der Waals surface area contributed by atoms with Crippen LogP contribution in [0.15, 0.2) is 18.2 Å². The van der Waals surface area contributed by atoms with Gasteiger partial charge in [0.05, 0.1) is 0 Å². The van der Waals surface area contributed by atoms with E-state index in [0.717, 1.165) is 29.0 Å². The summed E-state index contributed by atoms with van der Waals surface area (Å²) in [5.41, 5.74) is 6.59. The van der Waals surface area contributed by atoms with Crippen molar-refractivity contribution in [2.75, 3.05) is 5.32 Å². The summed E-state index contributed by atoms with van der Waals surface area (Å²) in [6, 6.07) is 6.09. The first-order chi connectivity index (χ1) is 9.16. The van der Waals surface area contributed by atoms with E-state index in [9.17, 15) is 0 Å². The Balaban J connectivity index is 1.88. The average molecular weight is 320 g/mol. The Bertz CT molecular complexity index is 728. The van der Waals surface area contributed by atoms with Crippen LogP contribution in [0.2, 0.25) is 0 Å². The summed E-state index contributed by atoms with van der Waals surface area (Å²) in [6.07, 6.45) is 0. The van der Waals surface area contributed by atoms with Crippen LogP contribution in [0.5, 0.6) is 0 Å². The average Bonchev–Trinajstić information content (AvgIpc) is 2.95. The molecule has 2 aromatic heterocycles. The van der Waals surface area contributed by atoms with Crippen molar-refractivity contribution in [3.05, 3.63) is 35.2 Å². The maximum atomic E-state index is 4.47. The van der Waals surface area contributed by atoms with Crippen LogP contribution in [-0.2, 0) is 13.6 Å². The van der Waals surface area contributed by atoms with Gasteiger partial charge in [-0.25, -0.2) is 0 Å². The molecule has 0 aliphatic carbocycles. The molecule has 6 heteroatoms. The normalized spacial score (nSPS) is 11.1. The Morgan fingerprint density at radius 2 is 2.11 bits per heavy atom. The Morgan fingerprint density at radius 1 is 1.26 bits per heavy atom. The van der Waals surface area contributed by atoms with Gasteiger partial charge in [0, 0.05) is 0 Å². The summed E-state index contributed by atoms with van der Waals surface area (Å²) in [5, 5.41) is 7.89. The third kappa shape index (κ3) is 2.17. The fourth-order valence-electron chi connectivity index (χ4n) is 2.21. The summed E-state index contributed by atoms with van der Waals surface area (Å²) in [4.78, 5) is 0. The van der Waals surface area contributed by atoms with E-state index in [1.807, 2.05) is 30.8 Å². The summed E-state index contributed by atoms with van der Waals surface area (Å²) >= 11 is 0.0141. The van der Waals surface area contributed by atoms with E-state index in [1.165, 1.54) is 11.3 Å². The fraction of sp³-hybridized carbons (Fsp3) is 0.308. The van der Waals surface area contributed by atoms with E-state index < -0.39 is 0 Å². The van der Waals surface area contributed by atoms with Crippen LogP contribution in [0.25, 0.3) is 11.0 Å². The van der Waals surface area contributed by atoms with E-state index in [-0.39, 0.29) is 15.0 Å². The Hall–Kier alpha value is -1.65. The number of benzene rings is 1. The molecule has 0 aliphatic rings. The second-order valence-corrected chi connectivity index (χ2v) is 5.67. The van der Waals surface area contributed by atoms with E-state index in [2.05, 4.69) is 31.4 Å². The van der Waals surface area contributed by atoms with Crippen LogP contribution in [0.1, 0.15) is 17.0 Å². The molecule has 0 fully saturated rings. The summed E-state index contributed by atoms with van der Waals surface area (Å²) < 4.78 is 10.8. The Kier molecular flexibility index (Phi) is 3.12. The molecular weight excluding hydrogens is 305 g/mol. The zero-order valence-corrected chi connectivity index (χ0v) is 12.8. The molecule has 0 unspecified atom stereocenters. The van der Waals surface area contributed by atoms with E-state index in [4.69, 9.17) is 0 Å². The molecular formula is C13H15N5Se. The molecule has 5 nitrogen and oxygen atoms in total. The number of aromatic nitrogens is 4. The zero-order chi connectivity index (χ0) is 13.4. The van der Waals surface area contributed by atoms with Gasteiger partial charge in [-0.05, 0) is 0 Å². The van der Waals surface area contributed by atoms with Gasteiger partial charge in [-0.2, -0.15) is 0 Å². The Morgan fingerprint density at radius 3 is 2.84 bits per heavy atom. The molecule has 1 aromatic carbocycles. The molecule has 0 saturated heterocycles. The van der Waals surface area contributed by atoms with Crippen molar-refractivity contribution in [3.63, 3.8) is 0 Å². The minimum absolute atomic E-state index is 0.0141. The summed E-state index contributed by atoms with van der Waals surface area (Å²) in [5.74, 6) is 0. The predicted octanol–water partition coefficient (Wildman–Crippen LogP) is 1.65. The number of nitrogens with zero attached hydrogens (tertiary/aromatic N) is 4. The first kappa shape index (κ1) is 12.4. The fourth-order valence-corrected chi connectivity index (χ4v) is 3.36. The Labute approximate surface area is 117 Å². The van der Waals surface area contributed by atoms with Crippen molar-refractivity contribution in [3.8, 4) is 0 Å². The van der Waals surface area contributed by atoms with E-state index in [0.29, 0.717) is 0 Å². The van der Waals surface area contributed by atoms with Crippen LogP contribution in [0.4, 0.5) is 5.69 Å². The van der Waals surface area contributed by atoms with E-state index in [1.54, 1.807) is 0 Å². The predicted molar refractivity (Wildman–Crippen MR) is 76.5 cm³/mol. The van der Waals surface area contributed by atoms with Crippen LogP contribution in [-0.4, -0.2) is 32.7 Å². The quantitative estimate of drug-likeness (QED) is 0.746. The number of aryl methyl sites for hydroxylation is 2. The van der Waals surface area contributed by atoms with Gasteiger partial charge < -0.3 is 0 Å². The summed E-state index contributed by atoms with van der Waals surface area (Å²) in [6.45, 7) is 4.90. The minimum atomic E-state index is 0.0141. The van der Waals surface area contributed by atoms with Gasteiger partial charge in [-0.1, -0.05) is 0 Å². The molecule has 0 aliphatic heterocycles. The molecule has 3 aromatic rings.